The minimum atomic E-state index is -0.847. The third-order valence-corrected chi connectivity index (χ3v) is 3.49. The lowest BCUT2D eigenvalue weighted by Crippen LogP contribution is -2.23. The van der Waals surface area contributed by atoms with Crippen molar-refractivity contribution in [1.29, 1.82) is 0 Å². The molecular weight excluding hydrogens is 396 g/mol. The first-order valence-electron chi connectivity index (χ1n) is 5.90. The highest BCUT2D eigenvalue weighted by Crippen LogP contribution is 2.20. The van der Waals surface area contributed by atoms with E-state index in [1.807, 2.05) is 22.6 Å². The van der Waals surface area contributed by atoms with Crippen molar-refractivity contribution in [2.24, 2.45) is 0 Å². The first-order chi connectivity index (χ1) is 9.97. The Morgan fingerprint density at radius 1 is 1.10 bits per heavy atom. The molecule has 0 aromatic heterocycles. The quantitative estimate of drug-likeness (QED) is 0.760. The number of carbonyl (C=O) groups is 1. The fourth-order valence-corrected chi connectivity index (χ4v) is 2.28. The highest BCUT2D eigenvalue weighted by atomic mass is 127. The highest BCUT2D eigenvalue weighted by Gasteiger charge is 2.12. The zero-order valence-corrected chi connectivity index (χ0v) is 12.7. The van der Waals surface area contributed by atoms with Gasteiger partial charge in [-0.25, -0.2) is 13.2 Å². The maximum atomic E-state index is 13.4. The molecule has 2 aromatic rings. The number of rotatable bonds is 4. The van der Waals surface area contributed by atoms with E-state index in [4.69, 9.17) is 0 Å². The summed E-state index contributed by atoms with van der Waals surface area (Å²) in [6.07, 6.45) is 0. The van der Waals surface area contributed by atoms with E-state index in [2.05, 4.69) is 10.6 Å². The first kappa shape index (κ1) is 15.6. The SMILES string of the molecule is O=C(CNc1ccc(F)cc1I)Nc1c(F)cccc1F. The van der Waals surface area contributed by atoms with Gasteiger partial charge in [-0.2, -0.15) is 0 Å². The lowest BCUT2D eigenvalue weighted by Gasteiger charge is -2.10. The van der Waals surface area contributed by atoms with E-state index in [1.165, 1.54) is 24.3 Å². The molecule has 0 bridgehead atoms. The molecule has 0 aliphatic carbocycles. The van der Waals surface area contributed by atoms with Crippen LogP contribution in [0.2, 0.25) is 0 Å². The van der Waals surface area contributed by atoms with Crippen LogP contribution >= 0.6 is 22.6 Å². The van der Waals surface area contributed by atoms with Gasteiger partial charge in [0.25, 0.3) is 0 Å². The Morgan fingerprint density at radius 3 is 2.38 bits per heavy atom. The van der Waals surface area contributed by atoms with Crippen molar-refractivity contribution in [3.63, 3.8) is 0 Å². The summed E-state index contributed by atoms with van der Waals surface area (Å²) in [5.41, 5.74) is 0.0688. The van der Waals surface area contributed by atoms with Crippen molar-refractivity contribution in [3.8, 4) is 0 Å². The zero-order chi connectivity index (χ0) is 15.4. The molecule has 21 heavy (non-hydrogen) atoms. The van der Waals surface area contributed by atoms with E-state index in [1.54, 1.807) is 0 Å². The van der Waals surface area contributed by atoms with Crippen molar-refractivity contribution in [2.75, 3.05) is 17.2 Å². The van der Waals surface area contributed by atoms with E-state index in [0.29, 0.717) is 9.26 Å². The van der Waals surface area contributed by atoms with Gasteiger partial charge >= 0.3 is 0 Å². The van der Waals surface area contributed by atoms with Crippen molar-refractivity contribution in [2.45, 2.75) is 0 Å². The third kappa shape index (κ3) is 4.10. The molecule has 1 amide bonds. The van der Waals surface area contributed by atoms with Crippen LogP contribution in [0, 0.1) is 21.0 Å². The Hall–Kier alpha value is -1.77. The summed E-state index contributed by atoms with van der Waals surface area (Å²) in [5.74, 6) is -2.69. The lowest BCUT2D eigenvalue weighted by molar-refractivity contribution is -0.114. The van der Waals surface area contributed by atoms with Crippen LogP contribution in [0.4, 0.5) is 24.5 Å². The summed E-state index contributed by atoms with van der Waals surface area (Å²) in [6, 6.07) is 7.34. The van der Waals surface area contributed by atoms with E-state index in [9.17, 15) is 18.0 Å². The largest absolute Gasteiger partial charge is 0.375 e. The van der Waals surface area contributed by atoms with Crippen molar-refractivity contribution in [1.82, 2.24) is 0 Å². The molecule has 2 N–H and O–H groups in total. The minimum Gasteiger partial charge on any atom is -0.375 e. The molecule has 0 saturated heterocycles. The van der Waals surface area contributed by atoms with Crippen LogP contribution in [0.25, 0.3) is 0 Å². The number of carbonyl (C=O) groups excluding carboxylic acids is 1. The minimum absolute atomic E-state index is 0.199. The molecule has 0 aliphatic rings. The lowest BCUT2D eigenvalue weighted by atomic mass is 10.3. The Morgan fingerprint density at radius 2 is 1.76 bits per heavy atom. The fraction of sp³-hybridized carbons (Fsp3) is 0.0714. The topological polar surface area (TPSA) is 41.1 Å². The van der Waals surface area contributed by atoms with Gasteiger partial charge in [0.2, 0.25) is 5.91 Å². The van der Waals surface area contributed by atoms with Gasteiger partial charge < -0.3 is 10.6 Å². The van der Waals surface area contributed by atoms with Crippen molar-refractivity contribution < 1.29 is 18.0 Å². The van der Waals surface area contributed by atoms with Crippen molar-refractivity contribution >= 4 is 39.9 Å². The van der Waals surface area contributed by atoms with Gasteiger partial charge in [-0.05, 0) is 52.9 Å². The molecule has 0 atom stereocenters. The summed E-state index contributed by atoms with van der Waals surface area (Å²) < 4.78 is 40.3. The average Bonchev–Trinajstić information content (AvgIpc) is 2.42. The van der Waals surface area contributed by atoms with Gasteiger partial charge in [0.05, 0.1) is 6.54 Å². The van der Waals surface area contributed by atoms with Crippen LogP contribution in [0.15, 0.2) is 36.4 Å². The summed E-state index contributed by atoms with van der Waals surface area (Å²) in [6.45, 7) is -0.199. The van der Waals surface area contributed by atoms with Crippen LogP contribution in [-0.4, -0.2) is 12.5 Å². The van der Waals surface area contributed by atoms with Gasteiger partial charge in [-0.1, -0.05) is 6.07 Å². The molecule has 2 aromatic carbocycles. The second kappa shape index (κ2) is 6.79. The summed E-state index contributed by atoms with van der Waals surface area (Å²) >= 11 is 1.91. The Bertz CT molecular complexity index is 659. The van der Waals surface area contributed by atoms with E-state index < -0.39 is 23.2 Å². The van der Waals surface area contributed by atoms with Gasteiger partial charge in [0.15, 0.2) is 0 Å². The molecular formula is C14H10F3IN2O. The number of hydrogen-bond acceptors (Lipinski definition) is 2. The van der Waals surface area contributed by atoms with Crippen LogP contribution in [0.1, 0.15) is 0 Å². The Kier molecular flexibility index (Phi) is 5.05. The van der Waals surface area contributed by atoms with Gasteiger partial charge in [-0.3, -0.25) is 4.79 Å². The van der Waals surface area contributed by atoms with Crippen molar-refractivity contribution in [3.05, 3.63) is 57.4 Å². The first-order valence-corrected chi connectivity index (χ1v) is 6.98. The second-order valence-corrected chi connectivity index (χ2v) is 5.28. The molecule has 0 spiro atoms. The number of nitrogens with one attached hydrogen (secondary N) is 2. The van der Waals surface area contributed by atoms with Crippen LogP contribution in [-0.2, 0) is 4.79 Å². The number of amides is 1. The molecule has 0 radical (unpaired) electrons. The van der Waals surface area contributed by atoms with Crippen LogP contribution in [0.5, 0.6) is 0 Å². The normalized spacial score (nSPS) is 10.3. The number of anilines is 2. The maximum Gasteiger partial charge on any atom is 0.243 e. The molecule has 0 unspecified atom stereocenters. The molecule has 3 nitrogen and oxygen atoms in total. The highest BCUT2D eigenvalue weighted by molar-refractivity contribution is 14.1. The number of halogens is 4. The van der Waals surface area contributed by atoms with Gasteiger partial charge in [0, 0.05) is 9.26 Å². The van der Waals surface area contributed by atoms with Crippen LogP contribution in [0.3, 0.4) is 0 Å². The van der Waals surface area contributed by atoms with Gasteiger partial charge in [-0.15, -0.1) is 0 Å². The summed E-state index contributed by atoms with van der Waals surface area (Å²) in [7, 11) is 0. The average molecular weight is 406 g/mol. The molecule has 7 heteroatoms. The molecule has 2 rings (SSSR count). The Balaban J connectivity index is 1.99. The van der Waals surface area contributed by atoms with E-state index in [0.717, 1.165) is 12.1 Å². The van der Waals surface area contributed by atoms with Gasteiger partial charge in [0.1, 0.15) is 23.1 Å². The van der Waals surface area contributed by atoms with E-state index >= 15 is 0 Å². The standard InChI is InChI=1S/C14H10F3IN2O/c15-8-4-5-12(11(18)6-8)19-7-13(21)20-14-9(16)2-1-3-10(14)17/h1-6,19H,7H2,(H,20,21). The monoisotopic (exact) mass is 406 g/mol. The second-order valence-electron chi connectivity index (χ2n) is 4.12. The maximum absolute atomic E-state index is 13.4. The summed E-state index contributed by atoms with van der Waals surface area (Å²) in [4.78, 5) is 11.7. The third-order valence-electron chi connectivity index (χ3n) is 2.60. The predicted molar refractivity (Wildman–Crippen MR) is 82.6 cm³/mol. The Labute approximate surface area is 132 Å². The molecule has 0 aliphatic heterocycles. The van der Waals surface area contributed by atoms with E-state index in [-0.39, 0.29) is 12.4 Å². The molecule has 0 fully saturated rings. The molecule has 0 saturated carbocycles. The summed E-state index contributed by atoms with van der Waals surface area (Å²) in [5, 5.41) is 4.92. The predicted octanol–water partition coefficient (Wildman–Crippen LogP) is 3.76. The fourth-order valence-electron chi connectivity index (χ4n) is 1.61. The van der Waals surface area contributed by atoms with Crippen LogP contribution < -0.4 is 10.6 Å². The number of hydrogen-bond donors (Lipinski definition) is 2. The molecule has 110 valence electrons. The number of benzene rings is 2. The zero-order valence-electron chi connectivity index (χ0n) is 10.6. The smallest absolute Gasteiger partial charge is 0.243 e. The molecule has 0 heterocycles. The number of para-hydroxylation sites is 1.